The van der Waals surface area contributed by atoms with E-state index in [0.717, 1.165) is 43.3 Å². The Bertz CT molecular complexity index is 781. The SMILES string of the molecule is Fc1ccccc1CN1CCN(Cc2ccc(Cl)cc2)CC1.O=C(O)C(=O)O. The van der Waals surface area contributed by atoms with Gasteiger partial charge in [0.25, 0.3) is 0 Å². The lowest BCUT2D eigenvalue weighted by Gasteiger charge is -2.34. The van der Waals surface area contributed by atoms with Crippen molar-refractivity contribution in [3.05, 3.63) is 70.5 Å². The van der Waals surface area contributed by atoms with Gasteiger partial charge in [-0.15, -0.1) is 0 Å². The molecule has 0 amide bonds. The first kappa shape index (κ1) is 21.8. The van der Waals surface area contributed by atoms with Gasteiger partial charge >= 0.3 is 11.9 Å². The van der Waals surface area contributed by atoms with Crippen molar-refractivity contribution in [1.29, 1.82) is 0 Å². The summed E-state index contributed by atoms with van der Waals surface area (Å²) in [5.41, 5.74) is 2.07. The average molecular weight is 409 g/mol. The summed E-state index contributed by atoms with van der Waals surface area (Å²) in [4.78, 5) is 22.9. The molecule has 3 rings (SSSR count). The van der Waals surface area contributed by atoms with E-state index < -0.39 is 11.9 Å². The van der Waals surface area contributed by atoms with Gasteiger partial charge < -0.3 is 10.2 Å². The fourth-order valence-electron chi connectivity index (χ4n) is 2.82. The quantitative estimate of drug-likeness (QED) is 0.757. The number of hydrogen-bond donors (Lipinski definition) is 2. The third kappa shape index (κ3) is 7.26. The van der Waals surface area contributed by atoms with Crippen LogP contribution in [0.15, 0.2) is 48.5 Å². The maximum absolute atomic E-state index is 13.7. The van der Waals surface area contributed by atoms with E-state index in [1.165, 1.54) is 11.6 Å². The standard InChI is InChI=1S/C18H20ClFN2.C2H2O4/c19-17-7-5-15(6-8-17)13-21-9-11-22(12-10-21)14-16-3-1-2-4-18(16)20;3-1(4)2(5)6/h1-8H,9-14H2;(H,3,4)(H,5,6). The summed E-state index contributed by atoms with van der Waals surface area (Å²) in [5.74, 6) is -3.75. The van der Waals surface area contributed by atoms with Gasteiger partial charge in [0, 0.05) is 49.9 Å². The fourth-order valence-corrected chi connectivity index (χ4v) is 2.95. The van der Waals surface area contributed by atoms with Gasteiger partial charge in [0.2, 0.25) is 0 Å². The minimum absolute atomic E-state index is 0.105. The third-order valence-corrected chi connectivity index (χ3v) is 4.57. The molecule has 2 aromatic rings. The van der Waals surface area contributed by atoms with E-state index in [0.29, 0.717) is 6.54 Å². The van der Waals surface area contributed by atoms with E-state index in [1.807, 2.05) is 24.3 Å². The van der Waals surface area contributed by atoms with Crippen LogP contribution in [0.3, 0.4) is 0 Å². The van der Waals surface area contributed by atoms with Crippen LogP contribution >= 0.6 is 11.6 Å². The van der Waals surface area contributed by atoms with Crippen molar-refractivity contribution >= 4 is 23.5 Å². The first-order valence-electron chi connectivity index (χ1n) is 8.74. The van der Waals surface area contributed by atoms with Crippen LogP contribution in [-0.4, -0.2) is 58.1 Å². The first-order valence-corrected chi connectivity index (χ1v) is 9.11. The van der Waals surface area contributed by atoms with Crippen LogP contribution in [0, 0.1) is 5.82 Å². The molecule has 0 bridgehead atoms. The summed E-state index contributed by atoms with van der Waals surface area (Å²) in [6, 6.07) is 15.1. The molecule has 150 valence electrons. The normalized spacial score (nSPS) is 14.8. The van der Waals surface area contributed by atoms with Gasteiger partial charge in [-0.3, -0.25) is 9.80 Å². The molecule has 2 N–H and O–H groups in total. The highest BCUT2D eigenvalue weighted by Gasteiger charge is 2.18. The van der Waals surface area contributed by atoms with E-state index >= 15 is 0 Å². The molecule has 0 aliphatic carbocycles. The lowest BCUT2D eigenvalue weighted by atomic mass is 10.1. The highest BCUT2D eigenvalue weighted by atomic mass is 35.5. The molecule has 0 aromatic heterocycles. The van der Waals surface area contributed by atoms with Crippen LogP contribution in [0.25, 0.3) is 0 Å². The molecule has 28 heavy (non-hydrogen) atoms. The maximum Gasteiger partial charge on any atom is 0.414 e. The van der Waals surface area contributed by atoms with Crippen molar-refractivity contribution < 1.29 is 24.2 Å². The number of nitrogens with zero attached hydrogens (tertiary/aromatic N) is 2. The van der Waals surface area contributed by atoms with E-state index in [4.69, 9.17) is 31.4 Å². The summed E-state index contributed by atoms with van der Waals surface area (Å²) < 4.78 is 13.7. The molecule has 0 atom stereocenters. The molecule has 2 aromatic carbocycles. The highest BCUT2D eigenvalue weighted by molar-refractivity contribution is 6.30. The van der Waals surface area contributed by atoms with Crippen LogP contribution in [0.1, 0.15) is 11.1 Å². The second kappa shape index (κ2) is 10.8. The molecule has 0 saturated carbocycles. The zero-order chi connectivity index (χ0) is 20.5. The minimum atomic E-state index is -1.82. The zero-order valence-corrected chi connectivity index (χ0v) is 16.0. The third-order valence-electron chi connectivity index (χ3n) is 4.32. The van der Waals surface area contributed by atoms with Gasteiger partial charge in [-0.2, -0.15) is 0 Å². The number of hydrogen-bond acceptors (Lipinski definition) is 4. The van der Waals surface area contributed by atoms with Crippen molar-refractivity contribution in [2.45, 2.75) is 13.1 Å². The summed E-state index contributed by atoms with van der Waals surface area (Å²) in [6.07, 6.45) is 0. The van der Waals surface area contributed by atoms with Gasteiger partial charge in [-0.05, 0) is 23.8 Å². The van der Waals surface area contributed by atoms with Crippen molar-refractivity contribution in [3.8, 4) is 0 Å². The Balaban J connectivity index is 0.000000409. The topological polar surface area (TPSA) is 81.1 Å². The molecule has 1 fully saturated rings. The highest BCUT2D eigenvalue weighted by Crippen LogP contribution is 2.15. The Kier molecular flexibility index (Phi) is 8.38. The number of aliphatic carboxylic acids is 2. The van der Waals surface area contributed by atoms with Crippen molar-refractivity contribution in [1.82, 2.24) is 9.80 Å². The maximum atomic E-state index is 13.7. The molecule has 1 aliphatic heterocycles. The van der Waals surface area contributed by atoms with Gasteiger partial charge in [-0.1, -0.05) is 41.9 Å². The van der Waals surface area contributed by atoms with Crippen molar-refractivity contribution in [3.63, 3.8) is 0 Å². The van der Waals surface area contributed by atoms with E-state index in [9.17, 15) is 4.39 Å². The molecule has 0 radical (unpaired) electrons. The number of halogens is 2. The summed E-state index contributed by atoms with van der Waals surface area (Å²) >= 11 is 5.91. The second-order valence-corrected chi connectivity index (χ2v) is 6.82. The van der Waals surface area contributed by atoms with Gasteiger partial charge in [-0.25, -0.2) is 14.0 Å². The molecular formula is C20H22ClFN2O4. The number of carboxylic acids is 2. The summed E-state index contributed by atoms with van der Waals surface area (Å²) in [5, 5.41) is 15.6. The molecule has 1 aliphatic rings. The van der Waals surface area contributed by atoms with Crippen molar-refractivity contribution in [2.75, 3.05) is 26.2 Å². The molecule has 0 unspecified atom stereocenters. The van der Waals surface area contributed by atoms with E-state index in [-0.39, 0.29) is 5.82 Å². The van der Waals surface area contributed by atoms with Crippen LogP contribution in [0.4, 0.5) is 4.39 Å². The number of carbonyl (C=O) groups is 2. The minimum Gasteiger partial charge on any atom is -0.473 e. The molecule has 1 saturated heterocycles. The van der Waals surface area contributed by atoms with Crippen LogP contribution in [-0.2, 0) is 22.7 Å². The number of piperazine rings is 1. The second-order valence-electron chi connectivity index (χ2n) is 6.38. The monoisotopic (exact) mass is 408 g/mol. The van der Waals surface area contributed by atoms with Gasteiger partial charge in [0.15, 0.2) is 0 Å². The Morgan fingerprint density at radius 1 is 0.857 bits per heavy atom. The van der Waals surface area contributed by atoms with Crippen LogP contribution in [0.2, 0.25) is 5.02 Å². The van der Waals surface area contributed by atoms with Crippen molar-refractivity contribution in [2.24, 2.45) is 0 Å². The van der Waals surface area contributed by atoms with E-state index in [1.54, 1.807) is 6.07 Å². The lowest BCUT2D eigenvalue weighted by Crippen LogP contribution is -2.45. The molecule has 6 nitrogen and oxygen atoms in total. The summed E-state index contributed by atoms with van der Waals surface area (Å²) in [7, 11) is 0. The Morgan fingerprint density at radius 3 is 1.86 bits per heavy atom. The smallest absolute Gasteiger partial charge is 0.414 e. The Labute approximate surface area is 167 Å². The fraction of sp³-hybridized carbons (Fsp3) is 0.300. The zero-order valence-electron chi connectivity index (χ0n) is 15.2. The van der Waals surface area contributed by atoms with E-state index in [2.05, 4.69) is 21.9 Å². The number of rotatable bonds is 4. The predicted molar refractivity (Wildman–Crippen MR) is 104 cm³/mol. The average Bonchev–Trinajstić information content (AvgIpc) is 2.67. The number of carboxylic acid groups (broad SMARTS) is 2. The van der Waals surface area contributed by atoms with Gasteiger partial charge in [0.05, 0.1) is 0 Å². The molecule has 8 heteroatoms. The molecule has 1 heterocycles. The summed E-state index contributed by atoms with van der Waals surface area (Å²) in [6.45, 7) is 5.62. The lowest BCUT2D eigenvalue weighted by molar-refractivity contribution is -0.159. The largest absolute Gasteiger partial charge is 0.473 e. The van der Waals surface area contributed by atoms with Crippen LogP contribution in [0.5, 0.6) is 0 Å². The Morgan fingerprint density at radius 2 is 1.36 bits per heavy atom. The molecule has 0 spiro atoms. The predicted octanol–water partition coefficient (Wildman–Crippen LogP) is 2.95. The van der Waals surface area contributed by atoms with Gasteiger partial charge in [0.1, 0.15) is 5.82 Å². The Hall–Kier alpha value is -2.48. The molecular weight excluding hydrogens is 387 g/mol. The number of benzene rings is 2. The first-order chi connectivity index (χ1) is 13.3. The van der Waals surface area contributed by atoms with Crippen LogP contribution < -0.4 is 0 Å².